The highest BCUT2D eigenvalue weighted by Crippen LogP contribution is 2.29. The van der Waals surface area contributed by atoms with E-state index in [-0.39, 0.29) is 5.84 Å². The van der Waals surface area contributed by atoms with Crippen molar-refractivity contribution in [3.05, 3.63) is 0 Å². The molecule has 1 rings (SSSR count). The average Bonchev–Trinajstić information content (AvgIpc) is 2.75. The normalized spacial score (nSPS) is 19.4. The number of nitrogens with one attached hydrogen (secondary N) is 1. The van der Waals surface area contributed by atoms with E-state index in [1.165, 1.54) is 0 Å². The third-order valence-corrected chi connectivity index (χ3v) is 2.93. The van der Waals surface area contributed by atoms with E-state index in [0.29, 0.717) is 12.8 Å². The smallest absolute Gasteiger partial charge is 0.409 e. The van der Waals surface area contributed by atoms with E-state index in [0.717, 1.165) is 12.8 Å². The Morgan fingerprint density at radius 1 is 1.42 bits per heavy atom. The number of amidine groups is 1. The van der Waals surface area contributed by atoms with E-state index in [1.807, 2.05) is 0 Å². The fourth-order valence-corrected chi connectivity index (χ4v) is 2.08. The Bertz CT molecular complexity index is 352. The number of carbonyl (C=O) groups excluding carboxylic acids is 1. The fraction of sp³-hybridized carbons (Fsp3) is 0.800. The highest BCUT2D eigenvalue weighted by atomic mass is 19.4. The summed E-state index contributed by atoms with van der Waals surface area (Å²) in [4.78, 5) is 11.5. The summed E-state index contributed by atoms with van der Waals surface area (Å²) in [6, 6.07) is 0. The van der Waals surface area contributed by atoms with Crippen LogP contribution < -0.4 is 11.1 Å². The highest BCUT2D eigenvalue weighted by molar-refractivity contribution is 5.94. The molecule has 0 spiro atoms. The minimum atomic E-state index is -4.48. The van der Waals surface area contributed by atoms with Crippen LogP contribution in [-0.2, 0) is 9.53 Å². The number of ether oxygens (including phenoxy) is 1. The molecule has 0 bridgehead atoms. The number of nitrogens with two attached hydrogens (primary N) is 1. The first-order valence-corrected chi connectivity index (χ1v) is 5.72. The maximum atomic E-state index is 11.8. The Kier molecular flexibility index (Phi) is 4.98. The van der Waals surface area contributed by atoms with Gasteiger partial charge < -0.3 is 21.0 Å². The maximum absolute atomic E-state index is 11.8. The molecule has 1 saturated carbocycles. The van der Waals surface area contributed by atoms with Gasteiger partial charge in [0.2, 0.25) is 5.91 Å². The third-order valence-electron chi connectivity index (χ3n) is 2.93. The van der Waals surface area contributed by atoms with Crippen molar-refractivity contribution in [1.82, 2.24) is 5.32 Å². The lowest BCUT2D eigenvalue weighted by atomic mass is 9.96. The molecule has 19 heavy (non-hydrogen) atoms. The molecule has 9 heteroatoms. The number of alkyl halides is 3. The van der Waals surface area contributed by atoms with Gasteiger partial charge in [-0.25, -0.2) is 0 Å². The molecule has 1 aliphatic carbocycles. The Morgan fingerprint density at radius 2 is 2.00 bits per heavy atom. The molecule has 0 aromatic heterocycles. The molecule has 0 aromatic rings. The van der Waals surface area contributed by atoms with Gasteiger partial charge in [0.15, 0.2) is 5.84 Å². The lowest BCUT2D eigenvalue weighted by molar-refractivity contribution is -0.175. The second-order valence-electron chi connectivity index (χ2n) is 4.43. The van der Waals surface area contributed by atoms with Gasteiger partial charge in [-0.1, -0.05) is 18.0 Å². The zero-order chi connectivity index (χ0) is 14.5. The second-order valence-corrected chi connectivity index (χ2v) is 4.43. The van der Waals surface area contributed by atoms with E-state index in [1.54, 1.807) is 0 Å². The Hall–Kier alpha value is -1.51. The topological polar surface area (TPSA) is 96.9 Å². The Morgan fingerprint density at radius 3 is 2.47 bits per heavy atom. The number of nitrogens with zero attached hydrogens (tertiary/aromatic N) is 1. The molecular weight excluding hydrogens is 267 g/mol. The van der Waals surface area contributed by atoms with Gasteiger partial charge in [0.05, 0.1) is 0 Å². The fourth-order valence-electron chi connectivity index (χ4n) is 2.08. The molecule has 1 aliphatic rings. The Balaban J connectivity index is 2.49. The first-order valence-electron chi connectivity index (χ1n) is 5.72. The van der Waals surface area contributed by atoms with Crippen LogP contribution in [0, 0.1) is 0 Å². The van der Waals surface area contributed by atoms with Crippen LogP contribution in [-0.4, -0.2) is 41.9 Å². The average molecular weight is 283 g/mol. The van der Waals surface area contributed by atoms with Crippen LogP contribution in [0.2, 0.25) is 0 Å². The zero-order valence-corrected chi connectivity index (χ0v) is 10.2. The molecule has 4 N–H and O–H groups in total. The molecule has 0 aliphatic heterocycles. The van der Waals surface area contributed by atoms with Crippen molar-refractivity contribution in [2.75, 3.05) is 13.2 Å². The van der Waals surface area contributed by atoms with Crippen LogP contribution in [0.1, 0.15) is 25.7 Å². The van der Waals surface area contributed by atoms with Crippen molar-refractivity contribution in [3.63, 3.8) is 0 Å². The standard InChI is InChI=1S/C10H16F3N3O3/c11-10(12,13)6-19-5-7(17)15-9(8(14)16-18)3-1-2-4-9/h18H,1-6H2,(H2,14,16)(H,15,17). The Labute approximate surface area is 107 Å². The van der Waals surface area contributed by atoms with E-state index in [2.05, 4.69) is 15.2 Å². The molecule has 1 amide bonds. The molecule has 1 fully saturated rings. The summed E-state index contributed by atoms with van der Waals surface area (Å²) >= 11 is 0. The summed E-state index contributed by atoms with van der Waals surface area (Å²) < 4.78 is 39.8. The van der Waals surface area contributed by atoms with Crippen LogP contribution in [0.5, 0.6) is 0 Å². The van der Waals surface area contributed by atoms with Crippen molar-refractivity contribution in [2.45, 2.75) is 37.4 Å². The maximum Gasteiger partial charge on any atom is 0.411 e. The molecule has 0 unspecified atom stereocenters. The van der Waals surface area contributed by atoms with Crippen LogP contribution in [0.25, 0.3) is 0 Å². The lowest BCUT2D eigenvalue weighted by Gasteiger charge is -2.28. The molecular formula is C10H16F3N3O3. The lowest BCUT2D eigenvalue weighted by Crippen LogP contribution is -2.56. The van der Waals surface area contributed by atoms with Gasteiger partial charge in [-0.15, -0.1) is 0 Å². The van der Waals surface area contributed by atoms with E-state index in [9.17, 15) is 18.0 Å². The van der Waals surface area contributed by atoms with Gasteiger partial charge >= 0.3 is 6.18 Å². The van der Waals surface area contributed by atoms with Gasteiger partial charge in [-0.3, -0.25) is 4.79 Å². The molecule has 0 aromatic carbocycles. The predicted molar refractivity (Wildman–Crippen MR) is 59.6 cm³/mol. The van der Waals surface area contributed by atoms with E-state index < -0.39 is 30.8 Å². The van der Waals surface area contributed by atoms with Crippen LogP contribution in [0.4, 0.5) is 13.2 Å². The molecule has 0 radical (unpaired) electrons. The minimum Gasteiger partial charge on any atom is -0.409 e. The largest absolute Gasteiger partial charge is 0.411 e. The predicted octanol–water partition coefficient (Wildman–Crippen LogP) is 0.741. The number of carbonyl (C=O) groups is 1. The molecule has 0 saturated heterocycles. The van der Waals surface area contributed by atoms with Crippen molar-refractivity contribution in [1.29, 1.82) is 0 Å². The highest BCUT2D eigenvalue weighted by Gasteiger charge is 2.39. The van der Waals surface area contributed by atoms with Crippen molar-refractivity contribution in [3.8, 4) is 0 Å². The molecule has 0 heterocycles. The second kappa shape index (κ2) is 6.09. The van der Waals surface area contributed by atoms with E-state index in [4.69, 9.17) is 10.9 Å². The van der Waals surface area contributed by atoms with Crippen LogP contribution in [0.3, 0.4) is 0 Å². The summed E-state index contributed by atoms with van der Waals surface area (Å²) in [6.45, 7) is -2.21. The number of hydrogen-bond donors (Lipinski definition) is 3. The quantitative estimate of drug-likeness (QED) is 0.300. The number of rotatable bonds is 5. The monoisotopic (exact) mass is 283 g/mol. The number of halogens is 3. The number of amides is 1. The minimum absolute atomic E-state index is 0.144. The van der Waals surface area contributed by atoms with Crippen molar-refractivity contribution < 1.29 is 27.9 Å². The summed E-state index contributed by atoms with van der Waals surface area (Å²) in [5.41, 5.74) is 4.55. The van der Waals surface area contributed by atoms with Gasteiger partial charge in [0.25, 0.3) is 0 Å². The zero-order valence-electron chi connectivity index (χ0n) is 10.2. The van der Waals surface area contributed by atoms with Crippen molar-refractivity contribution in [2.24, 2.45) is 10.9 Å². The SMILES string of the molecule is NC(=NO)C1(NC(=O)COCC(F)(F)F)CCCC1. The van der Waals surface area contributed by atoms with Gasteiger partial charge in [-0.2, -0.15) is 13.2 Å². The summed E-state index contributed by atoms with van der Waals surface area (Å²) in [6.07, 6.45) is -1.96. The summed E-state index contributed by atoms with van der Waals surface area (Å²) in [5, 5.41) is 14.0. The van der Waals surface area contributed by atoms with Crippen molar-refractivity contribution >= 4 is 11.7 Å². The summed E-state index contributed by atoms with van der Waals surface area (Å²) in [7, 11) is 0. The first-order chi connectivity index (χ1) is 8.79. The molecule has 6 nitrogen and oxygen atoms in total. The van der Waals surface area contributed by atoms with Gasteiger partial charge in [-0.05, 0) is 12.8 Å². The van der Waals surface area contributed by atoms with Crippen LogP contribution in [0.15, 0.2) is 5.16 Å². The van der Waals surface area contributed by atoms with E-state index >= 15 is 0 Å². The molecule has 110 valence electrons. The van der Waals surface area contributed by atoms with Gasteiger partial charge in [0, 0.05) is 0 Å². The van der Waals surface area contributed by atoms with Crippen LogP contribution >= 0.6 is 0 Å². The first kappa shape index (κ1) is 15.5. The van der Waals surface area contributed by atoms with Gasteiger partial charge in [0.1, 0.15) is 18.8 Å². The number of hydrogen-bond acceptors (Lipinski definition) is 4. The number of oxime groups is 1. The summed E-state index contributed by atoms with van der Waals surface area (Å²) in [5.74, 6) is -0.869. The third kappa shape index (κ3) is 4.58. The molecule has 0 atom stereocenters.